The van der Waals surface area contributed by atoms with Crippen LogP contribution in [0.25, 0.3) is 0 Å². The van der Waals surface area contributed by atoms with E-state index in [0.29, 0.717) is 11.1 Å². The zero-order chi connectivity index (χ0) is 20.4. The van der Waals surface area contributed by atoms with E-state index in [9.17, 15) is 27.2 Å². The lowest BCUT2D eigenvalue weighted by Gasteiger charge is -2.21. The predicted molar refractivity (Wildman–Crippen MR) is 91.1 cm³/mol. The third kappa shape index (κ3) is 4.82. The zero-order valence-corrected chi connectivity index (χ0v) is 15.0. The topological polar surface area (TPSA) is 59.1 Å². The summed E-state index contributed by atoms with van der Waals surface area (Å²) in [5.74, 6) is -3.81. The van der Waals surface area contributed by atoms with Gasteiger partial charge >= 0.3 is 6.18 Å². The highest BCUT2D eigenvalue weighted by molar-refractivity contribution is 6.30. The van der Waals surface area contributed by atoms with Gasteiger partial charge in [-0.05, 0) is 31.2 Å². The Hall–Kier alpha value is -2.48. The molecule has 2 atom stereocenters. The first kappa shape index (κ1) is 20.8. The van der Waals surface area contributed by atoms with Crippen LogP contribution in [0, 0.1) is 11.7 Å². The Bertz CT molecular complexity index is 853. The van der Waals surface area contributed by atoms with E-state index in [1.165, 1.54) is 32.2 Å². The van der Waals surface area contributed by atoms with Gasteiger partial charge in [-0.2, -0.15) is 13.2 Å². The fraction of sp³-hybridized carbons (Fsp3) is 0.278. The van der Waals surface area contributed by atoms with Crippen molar-refractivity contribution in [3.8, 4) is 0 Å². The molecule has 0 saturated carbocycles. The number of benzene rings is 1. The van der Waals surface area contributed by atoms with Gasteiger partial charge in [0, 0.05) is 18.2 Å². The number of nitrogens with one attached hydrogen (secondary N) is 1. The maximum atomic E-state index is 13.9. The molecule has 2 unspecified atom stereocenters. The molecule has 0 aliphatic heterocycles. The first-order valence-corrected chi connectivity index (χ1v) is 8.22. The van der Waals surface area contributed by atoms with Crippen LogP contribution in [0.1, 0.15) is 40.3 Å². The van der Waals surface area contributed by atoms with Crippen LogP contribution < -0.4 is 5.32 Å². The molecule has 4 nitrogen and oxygen atoms in total. The zero-order valence-electron chi connectivity index (χ0n) is 14.3. The summed E-state index contributed by atoms with van der Waals surface area (Å²) in [7, 11) is 0. The van der Waals surface area contributed by atoms with Gasteiger partial charge in [0.05, 0.1) is 16.1 Å². The minimum Gasteiger partial charge on any atom is -0.349 e. The quantitative estimate of drug-likeness (QED) is 0.590. The Morgan fingerprint density at radius 3 is 2.37 bits per heavy atom. The number of hydrogen-bond donors (Lipinski definition) is 1. The lowest BCUT2D eigenvalue weighted by molar-refractivity contribution is -0.138. The summed E-state index contributed by atoms with van der Waals surface area (Å²) in [5, 5.41) is 2.59. The van der Waals surface area contributed by atoms with Crippen molar-refractivity contribution in [1.29, 1.82) is 0 Å². The number of Topliss-reactive ketones (excluding diaryl/α,β-unsaturated/α-hetero) is 1. The van der Waals surface area contributed by atoms with Gasteiger partial charge in [-0.15, -0.1) is 0 Å². The highest BCUT2D eigenvalue weighted by Crippen LogP contribution is 2.33. The summed E-state index contributed by atoms with van der Waals surface area (Å²) in [6.07, 6.45) is -3.62. The van der Waals surface area contributed by atoms with E-state index in [1.54, 1.807) is 0 Å². The van der Waals surface area contributed by atoms with Crippen molar-refractivity contribution in [1.82, 2.24) is 10.3 Å². The standard InChI is InChI=1S/C18H15ClF4N2O2/c1-9(16(26)14-7-6-11(19)8-24-14)10(2)25-17(27)15-12(18(21,22)23)4-3-5-13(15)20/h3-10H,1-2H3,(H,25,27). The molecule has 0 aliphatic carbocycles. The number of carbonyl (C=O) groups is 2. The van der Waals surface area contributed by atoms with Crippen LogP contribution in [-0.2, 0) is 6.18 Å². The van der Waals surface area contributed by atoms with Crippen molar-refractivity contribution in [3.05, 3.63) is 64.2 Å². The molecule has 1 amide bonds. The van der Waals surface area contributed by atoms with Crippen molar-refractivity contribution in [3.63, 3.8) is 0 Å². The van der Waals surface area contributed by atoms with Gasteiger partial charge in [0.25, 0.3) is 5.91 Å². The Labute approximate surface area is 157 Å². The summed E-state index contributed by atoms with van der Waals surface area (Å²) in [4.78, 5) is 28.5. The van der Waals surface area contributed by atoms with Crippen molar-refractivity contribution >= 4 is 23.3 Å². The first-order valence-electron chi connectivity index (χ1n) is 7.84. The van der Waals surface area contributed by atoms with E-state index in [0.717, 1.165) is 12.1 Å². The molecule has 144 valence electrons. The lowest BCUT2D eigenvalue weighted by atomic mass is 9.95. The first-order chi connectivity index (χ1) is 12.5. The van der Waals surface area contributed by atoms with Gasteiger partial charge in [-0.25, -0.2) is 4.39 Å². The van der Waals surface area contributed by atoms with Crippen molar-refractivity contribution in [2.24, 2.45) is 5.92 Å². The monoisotopic (exact) mass is 402 g/mol. The highest BCUT2D eigenvalue weighted by atomic mass is 35.5. The minimum absolute atomic E-state index is 0.0925. The minimum atomic E-state index is -4.90. The number of pyridine rings is 1. The molecule has 0 aliphatic rings. The number of rotatable bonds is 5. The van der Waals surface area contributed by atoms with Crippen LogP contribution in [0.15, 0.2) is 36.5 Å². The molecule has 9 heteroatoms. The predicted octanol–water partition coefficient (Wildman–Crippen LogP) is 4.53. The molecule has 0 bridgehead atoms. The molecule has 1 aromatic carbocycles. The van der Waals surface area contributed by atoms with Gasteiger partial charge in [0.15, 0.2) is 5.78 Å². The second-order valence-corrected chi connectivity index (χ2v) is 6.37. The van der Waals surface area contributed by atoms with E-state index in [-0.39, 0.29) is 5.69 Å². The molecule has 1 N–H and O–H groups in total. The molecular formula is C18H15ClF4N2O2. The van der Waals surface area contributed by atoms with E-state index in [1.807, 2.05) is 0 Å². The molecule has 0 saturated heterocycles. The Kier molecular flexibility index (Phi) is 6.20. The fourth-order valence-corrected chi connectivity index (χ4v) is 2.49. The van der Waals surface area contributed by atoms with Crippen LogP contribution in [0.4, 0.5) is 17.6 Å². The Balaban J connectivity index is 2.21. The van der Waals surface area contributed by atoms with Gasteiger partial charge in [-0.1, -0.05) is 24.6 Å². The third-order valence-corrected chi connectivity index (χ3v) is 4.27. The van der Waals surface area contributed by atoms with Crippen LogP contribution >= 0.6 is 11.6 Å². The molecule has 0 radical (unpaired) electrons. The van der Waals surface area contributed by atoms with E-state index in [4.69, 9.17) is 11.6 Å². The smallest absolute Gasteiger partial charge is 0.349 e. The number of ketones is 1. The number of carbonyl (C=O) groups excluding carboxylic acids is 2. The number of halogens is 5. The highest BCUT2D eigenvalue weighted by Gasteiger charge is 2.37. The SMILES string of the molecule is CC(NC(=O)c1c(F)cccc1C(F)(F)F)C(C)C(=O)c1ccc(Cl)cn1. The van der Waals surface area contributed by atoms with Gasteiger partial charge in [0.2, 0.25) is 0 Å². The molecule has 0 spiro atoms. The molecular weight excluding hydrogens is 388 g/mol. The summed E-state index contributed by atoms with van der Waals surface area (Å²) in [6, 6.07) is 4.25. The Morgan fingerprint density at radius 1 is 1.15 bits per heavy atom. The van der Waals surface area contributed by atoms with Crippen LogP contribution in [0.2, 0.25) is 5.02 Å². The van der Waals surface area contributed by atoms with E-state index >= 15 is 0 Å². The number of aromatic nitrogens is 1. The van der Waals surface area contributed by atoms with Crippen LogP contribution in [0.5, 0.6) is 0 Å². The molecule has 0 fully saturated rings. The summed E-state index contributed by atoms with van der Waals surface area (Å²) < 4.78 is 53.0. The van der Waals surface area contributed by atoms with Crippen molar-refractivity contribution in [2.45, 2.75) is 26.1 Å². The normalized spacial score (nSPS) is 13.7. The van der Waals surface area contributed by atoms with Crippen LogP contribution in [0.3, 0.4) is 0 Å². The average molecular weight is 403 g/mol. The van der Waals surface area contributed by atoms with Crippen LogP contribution in [-0.4, -0.2) is 22.7 Å². The van der Waals surface area contributed by atoms with Gasteiger partial charge in [0.1, 0.15) is 11.5 Å². The number of amides is 1. The fourth-order valence-electron chi connectivity index (χ4n) is 2.38. The van der Waals surface area contributed by atoms with Gasteiger partial charge < -0.3 is 5.32 Å². The summed E-state index contributed by atoms with van der Waals surface area (Å²) in [5.41, 5.74) is -2.40. The van der Waals surface area contributed by atoms with Crippen molar-refractivity contribution in [2.75, 3.05) is 0 Å². The summed E-state index contributed by atoms with van der Waals surface area (Å²) in [6.45, 7) is 2.92. The molecule has 27 heavy (non-hydrogen) atoms. The molecule has 1 heterocycles. The van der Waals surface area contributed by atoms with Gasteiger partial charge in [-0.3, -0.25) is 14.6 Å². The third-order valence-electron chi connectivity index (χ3n) is 4.05. The van der Waals surface area contributed by atoms with Crippen molar-refractivity contribution < 1.29 is 27.2 Å². The molecule has 2 rings (SSSR count). The summed E-state index contributed by atoms with van der Waals surface area (Å²) >= 11 is 5.70. The maximum absolute atomic E-state index is 13.9. The number of nitrogens with zero attached hydrogens (tertiary/aromatic N) is 1. The van der Waals surface area contributed by atoms with E-state index < -0.39 is 46.8 Å². The average Bonchev–Trinajstić information content (AvgIpc) is 2.59. The number of hydrogen-bond acceptors (Lipinski definition) is 3. The number of alkyl halides is 3. The Morgan fingerprint density at radius 2 is 1.81 bits per heavy atom. The second kappa shape index (κ2) is 8.04. The second-order valence-electron chi connectivity index (χ2n) is 5.94. The molecule has 2 aromatic rings. The lowest BCUT2D eigenvalue weighted by Crippen LogP contribution is -2.41. The largest absolute Gasteiger partial charge is 0.417 e. The molecule has 1 aromatic heterocycles. The van der Waals surface area contributed by atoms with E-state index in [2.05, 4.69) is 10.3 Å². The maximum Gasteiger partial charge on any atom is 0.417 e.